The van der Waals surface area contributed by atoms with Crippen LogP contribution in [-0.2, 0) is 10.0 Å². The van der Waals surface area contributed by atoms with Gasteiger partial charge in [-0.15, -0.1) is 0 Å². The summed E-state index contributed by atoms with van der Waals surface area (Å²) in [4.78, 5) is 0.365. The summed E-state index contributed by atoms with van der Waals surface area (Å²) < 4.78 is 27.2. The molecule has 4 nitrogen and oxygen atoms in total. The predicted octanol–water partition coefficient (Wildman–Crippen LogP) is 3.17. The Hall–Kier alpha value is -1.07. The summed E-state index contributed by atoms with van der Waals surface area (Å²) in [5, 5.41) is 0. The number of nitrogens with zero attached hydrogens (tertiary/aromatic N) is 1. The molecule has 1 aliphatic rings. The molecule has 1 saturated carbocycles. The van der Waals surface area contributed by atoms with Crippen LogP contribution in [0.5, 0.6) is 0 Å². The van der Waals surface area contributed by atoms with Crippen molar-refractivity contribution in [2.45, 2.75) is 57.4 Å². The molecule has 0 heterocycles. The molecule has 118 valence electrons. The fraction of sp³-hybridized carbons (Fsp3) is 0.625. The van der Waals surface area contributed by atoms with E-state index in [1.54, 1.807) is 36.5 Å². The third-order valence-electron chi connectivity index (χ3n) is 4.68. The average Bonchev–Trinajstić information content (AvgIpc) is 2.37. The largest absolute Gasteiger partial charge is 0.399 e. The van der Waals surface area contributed by atoms with E-state index in [4.69, 9.17) is 5.73 Å². The van der Waals surface area contributed by atoms with E-state index in [2.05, 4.69) is 13.8 Å². The predicted molar refractivity (Wildman–Crippen MR) is 86.6 cm³/mol. The van der Waals surface area contributed by atoms with E-state index in [0.717, 1.165) is 25.7 Å². The van der Waals surface area contributed by atoms with Crippen molar-refractivity contribution in [1.82, 2.24) is 4.31 Å². The van der Waals surface area contributed by atoms with Gasteiger partial charge < -0.3 is 5.73 Å². The molecule has 1 aromatic carbocycles. The highest BCUT2D eigenvalue weighted by Crippen LogP contribution is 2.38. The normalized spacial score (nSPS) is 19.9. The van der Waals surface area contributed by atoms with Crippen LogP contribution in [-0.4, -0.2) is 25.8 Å². The van der Waals surface area contributed by atoms with Crippen molar-refractivity contribution in [2.24, 2.45) is 5.41 Å². The van der Waals surface area contributed by atoms with E-state index >= 15 is 0 Å². The summed E-state index contributed by atoms with van der Waals surface area (Å²) in [6, 6.07) is 5.08. The SMILES string of the molecule is Cc1cc(N)ccc1S(=O)(=O)N(C)C1CCC(C)(C)CC1. The fourth-order valence-corrected chi connectivity index (χ4v) is 4.68. The van der Waals surface area contributed by atoms with Crippen molar-refractivity contribution in [1.29, 1.82) is 0 Å². The van der Waals surface area contributed by atoms with Gasteiger partial charge in [-0.25, -0.2) is 8.42 Å². The molecule has 0 bridgehead atoms. The van der Waals surface area contributed by atoms with Crippen LogP contribution in [0.1, 0.15) is 45.1 Å². The maximum atomic E-state index is 12.8. The molecule has 0 unspecified atom stereocenters. The Morgan fingerprint density at radius 3 is 2.33 bits per heavy atom. The third-order valence-corrected chi connectivity index (χ3v) is 6.75. The van der Waals surface area contributed by atoms with E-state index < -0.39 is 10.0 Å². The topological polar surface area (TPSA) is 63.4 Å². The van der Waals surface area contributed by atoms with Gasteiger partial charge >= 0.3 is 0 Å². The standard InChI is InChI=1S/C16H26N2O2S/c1-12-11-13(17)5-6-15(12)21(19,20)18(4)14-7-9-16(2,3)10-8-14/h5-6,11,14H,7-10,17H2,1-4H3. The number of anilines is 1. The first-order valence-electron chi connectivity index (χ1n) is 7.48. The highest BCUT2D eigenvalue weighted by Gasteiger charge is 2.34. The quantitative estimate of drug-likeness (QED) is 0.872. The van der Waals surface area contributed by atoms with E-state index in [-0.39, 0.29) is 6.04 Å². The van der Waals surface area contributed by atoms with Gasteiger partial charge in [0.2, 0.25) is 10.0 Å². The summed E-state index contributed by atoms with van der Waals surface area (Å²) >= 11 is 0. The Bertz CT molecular complexity index is 613. The van der Waals surface area contributed by atoms with E-state index in [1.165, 1.54) is 0 Å². The second-order valence-electron chi connectivity index (χ2n) is 6.94. The molecular weight excluding hydrogens is 284 g/mol. The van der Waals surface area contributed by atoms with Crippen LogP contribution >= 0.6 is 0 Å². The Balaban J connectivity index is 2.23. The molecule has 0 radical (unpaired) electrons. The van der Waals surface area contributed by atoms with E-state index in [1.807, 2.05) is 0 Å². The van der Waals surface area contributed by atoms with Crippen LogP contribution in [0.3, 0.4) is 0 Å². The lowest BCUT2D eigenvalue weighted by Crippen LogP contribution is -2.41. The Labute approximate surface area is 128 Å². The zero-order chi connectivity index (χ0) is 15.8. The molecule has 0 spiro atoms. The Morgan fingerprint density at radius 2 is 1.81 bits per heavy atom. The molecule has 1 fully saturated rings. The van der Waals surface area contributed by atoms with Gasteiger partial charge in [0.15, 0.2) is 0 Å². The lowest BCUT2D eigenvalue weighted by Gasteiger charge is -2.38. The molecule has 2 N–H and O–H groups in total. The molecule has 0 atom stereocenters. The molecule has 0 saturated heterocycles. The highest BCUT2D eigenvalue weighted by atomic mass is 32.2. The molecule has 1 aliphatic carbocycles. The van der Waals surface area contributed by atoms with Crippen molar-refractivity contribution < 1.29 is 8.42 Å². The zero-order valence-electron chi connectivity index (χ0n) is 13.4. The first-order valence-corrected chi connectivity index (χ1v) is 8.92. The average molecular weight is 310 g/mol. The Kier molecular flexibility index (Phi) is 4.36. The summed E-state index contributed by atoms with van der Waals surface area (Å²) in [6.45, 7) is 6.30. The monoisotopic (exact) mass is 310 g/mol. The number of hydrogen-bond acceptors (Lipinski definition) is 3. The molecule has 0 aliphatic heterocycles. The molecule has 0 amide bonds. The minimum atomic E-state index is -3.45. The number of rotatable bonds is 3. The van der Waals surface area contributed by atoms with Gasteiger partial charge in [-0.05, 0) is 61.8 Å². The van der Waals surface area contributed by atoms with Crippen LogP contribution in [0, 0.1) is 12.3 Å². The van der Waals surface area contributed by atoms with Crippen LogP contribution in [0.15, 0.2) is 23.1 Å². The number of hydrogen-bond donors (Lipinski definition) is 1. The van der Waals surface area contributed by atoms with Gasteiger partial charge in [0, 0.05) is 18.8 Å². The highest BCUT2D eigenvalue weighted by molar-refractivity contribution is 7.89. The molecule has 21 heavy (non-hydrogen) atoms. The maximum absolute atomic E-state index is 12.8. The van der Waals surface area contributed by atoms with Crippen LogP contribution in [0.2, 0.25) is 0 Å². The van der Waals surface area contributed by atoms with Crippen molar-refractivity contribution in [2.75, 3.05) is 12.8 Å². The van der Waals surface area contributed by atoms with Gasteiger partial charge in [0.25, 0.3) is 0 Å². The van der Waals surface area contributed by atoms with Gasteiger partial charge in [0.05, 0.1) is 4.90 Å². The lowest BCUT2D eigenvalue weighted by atomic mass is 9.76. The minimum Gasteiger partial charge on any atom is -0.399 e. The second kappa shape index (κ2) is 5.61. The number of sulfonamides is 1. The first-order chi connectivity index (χ1) is 9.63. The first kappa shape index (κ1) is 16.3. The molecular formula is C16H26N2O2S. The van der Waals surface area contributed by atoms with Crippen molar-refractivity contribution in [3.63, 3.8) is 0 Å². The third kappa shape index (κ3) is 3.40. The zero-order valence-corrected chi connectivity index (χ0v) is 14.2. The smallest absolute Gasteiger partial charge is 0.243 e. The van der Waals surface area contributed by atoms with Crippen LogP contribution in [0.25, 0.3) is 0 Å². The number of benzene rings is 1. The molecule has 1 aromatic rings. The number of nitrogen functional groups attached to an aromatic ring is 1. The molecule has 2 rings (SSSR count). The van der Waals surface area contributed by atoms with Crippen LogP contribution in [0.4, 0.5) is 5.69 Å². The van der Waals surface area contributed by atoms with Crippen molar-refractivity contribution in [3.8, 4) is 0 Å². The fourth-order valence-electron chi connectivity index (χ4n) is 3.06. The van der Waals surface area contributed by atoms with Crippen LogP contribution < -0.4 is 5.73 Å². The summed E-state index contributed by atoms with van der Waals surface area (Å²) in [6.07, 6.45) is 3.99. The summed E-state index contributed by atoms with van der Waals surface area (Å²) in [7, 11) is -1.74. The van der Waals surface area contributed by atoms with Gasteiger partial charge in [0.1, 0.15) is 0 Å². The van der Waals surface area contributed by atoms with Gasteiger partial charge in [-0.2, -0.15) is 4.31 Å². The number of aryl methyl sites for hydroxylation is 1. The van der Waals surface area contributed by atoms with Gasteiger partial charge in [-0.3, -0.25) is 0 Å². The van der Waals surface area contributed by atoms with Gasteiger partial charge in [-0.1, -0.05) is 13.8 Å². The van der Waals surface area contributed by atoms with Crippen molar-refractivity contribution >= 4 is 15.7 Å². The maximum Gasteiger partial charge on any atom is 0.243 e. The second-order valence-corrected chi connectivity index (χ2v) is 8.91. The number of nitrogens with two attached hydrogens (primary N) is 1. The van der Waals surface area contributed by atoms with E-state index in [0.29, 0.717) is 21.6 Å². The summed E-state index contributed by atoms with van der Waals surface area (Å²) in [5.41, 5.74) is 7.34. The summed E-state index contributed by atoms with van der Waals surface area (Å²) in [5.74, 6) is 0. The Morgan fingerprint density at radius 1 is 1.24 bits per heavy atom. The molecule has 5 heteroatoms. The molecule has 0 aromatic heterocycles. The lowest BCUT2D eigenvalue weighted by molar-refractivity contribution is 0.174. The minimum absolute atomic E-state index is 0.0972. The van der Waals surface area contributed by atoms with Crippen molar-refractivity contribution in [3.05, 3.63) is 23.8 Å². The van der Waals surface area contributed by atoms with E-state index in [9.17, 15) is 8.42 Å².